The molecule has 26 heavy (non-hydrogen) atoms. The van der Waals surface area contributed by atoms with Gasteiger partial charge in [-0.25, -0.2) is 0 Å². The molecule has 3 aliphatic rings. The number of allylic oxidation sites excluding steroid dienone is 2. The lowest BCUT2D eigenvalue weighted by Crippen LogP contribution is -2.33. The van der Waals surface area contributed by atoms with Crippen LogP contribution in [0.3, 0.4) is 0 Å². The average Bonchev–Trinajstić information content (AvgIpc) is 2.73. The first-order valence-corrected chi connectivity index (χ1v) is 11.8. The first-order valence-electron chi connectivity index (χ1n) is 11.8. The molecule has 1 nitrogen and oxygen atoms in total. The van der Waals surface area contributed by atoms with Gasteiger partial charge in [-0.15, -0.1) is 0 Å². The molecular formula is C25H41N. The number of nitrogens with zero attached hydrogens (tertiary/aromatic N) is 1. The molecule has 0 aromatic carbocycles. The minimum absolute atomic E-state index is 0.0904. The molecule has 0 heterocycles. The summed E-state index contributed by atoms with van der Waals surface area (Å²) < 4.78 is 0. The lowest BCUT2D eigenvalue weighted by atomic mass is 9.61. The fourth-order valence-electron chi connectivity index (χ4n) is 6.26. The summed E-state index contributed by atoms with van der Waals surface area (Å²) in [7, 11) is 0. The van der Waals surface area contributed by atoms with Crippen molar-refractivity contribution in [1.82, 2.24) is 0 Å². The standard InChI is InChI=1S/C25H41N/c1-3-5-6-21-9-13-24(14-10-21)25(19-26)17-15-23(16-18-25)22-11-7-20(4-2)8-12-22/h13,20-23H,3-12,14-18H2,1-2H3/t20?,21-,22?,23?,25?/m0/s1. The maximum absolute atomic E-state index is 10.1. The van der Waals surface area contributed by atoms with Gasteiger partial charge in [0.25, 0.3) is 0 Å². The minimum atomic E-state index is -0.0904. The smallest absolute Gasteiger partial charge is 0.0782 e. The van der Waals surface area contributed by atoms with Gasteiger partial charge in [0, 0.05) is 0 Å². The Morgan fingerprint density at radius 3 is 2.19 bits per heavy atom. The van der Waals surface area contributed by atoms with Gasteiger partial charge in [-0.1, -0.05) is 64.0 Å². The Morgan fingerprint density at radius 2 is 1.65 bits per heavy atom. The van der Waals surface area contributed by atoms with Crippen LogP contribution in [0.1, 0.15) is 110 Å². The Labute approximate surface area is 162 Å². The van der Waals surface area contributed by atoms with E-state index in [1.54, 1.807) is 0 Å². The van der Waals surface area contributed by atoms with Crippen LogP contribution in [0.15, 0.2) is 11.6 Å². The summed E-state index contributed by atoms with van der Waals surface area (Å²) in [6.45, 7) is 4.65. The molecular weight excluding hydrogens is 314 g/mol. The van der Waals surface area contributed by atoms with Crippen LogP contribution in [-0.4, -0.2) is 0 Å². The van der Waals surface area contributed by atoms with Gasteiger partial charge in [-0.3, -0.25) is 0 Å². The molecule has 3 rings (SSSR count). The zero-order valence-electron chi connectivity index (χ0n) is 17.4. The molecule has 0 aromatic heterocycles. The largest absolute Gasteiger partial charge is 0.197 e. The average molecular weight is 356 g/mol. The summed E-state index contributed by atoms with van der Waals surface area (Å²) in [5.41, 5.74) is 1.44. The Kier molecular flexibility index (Phi) is 7.25. The van der Waals surface area contributed by atoms with Gasteiger partial charge in [-0.05, 0) is 81.5 Å². The van der Waals surface area contributed by atoms with Crippen LogP contribution in [0.4, 0.5) is 0 Å². The highest BCUT2D eigenvalue weighted by Gasteiger charge is 2.41. The molecule has 3 aliphatic carbocycles. The molecule has 0 aromatic rings. The summed E-state index contributed by atoms with van der Waals surface area (Å²) in [6.07, 6.45) is 22.5. The van der Waals surface area contributed by atoms with E-state index < -0.39 is 0 Å². The fourth-order valence-corrected chi connectivity index (χ4v) is 6.26. The molecule has 0 radical (unpaired) electrons. The number of hydrogen-bond donors (Lipinski definition) is 0. The highest BCUT2D eigenvalue weighted by molar-refractivity contribution is 5.26. The predicted octanol–water partition coefficient (Wildman–Crippen LogP) is 7.82. The van der Waals surface area contributed by atoms with Crippen LogP contribution in [0, 0.1) is 40.4 Å². The van der Waals surface area contributed by atoms with Crippen LogP contribution in [0.2, 0.25) is 0 Å². The van der Waals surface area contributed by atoms with E-state index in [4.69, 9.17) is 0 Å². The lowest BCUT2D eigenvalue weighted by Gasteiger charge is -2.42. The van der Waals surface area contributed by atoms with Crippen LogP contribution in [0.25, 0.3) is 0 Å². The Bertz CT molecular complexity index is 495. The van der Waals surface area contributed by atoms with Crippen molar-refractivity contribution in [2.75, 3.05) is 0 Å². The zero-order chi connectivity index (χ0) is 18.4. The normalized spacial score (nSPS) is 38.4. The Morgan fingerprint density at radius 1 is 0.962 bits per heavy atom. The third-order valence-corrected chi connectivity index (χ3v) is 8.33. The second-order valence-corrected chi connectivity index (χ2v) is 9.73. The highest BCUT2D eigenvalue weighted by atomic mass is 14.5. The molecule has 1 heteroatoms. The molecule has 0 N–H and O–H groups in total. The van der Waals surface area contributed by atoms with Crippen molar-refractivity contribution in [2.24, 2.45) is 29.1 Å². The maximum atomic E-state index is 10.1. The zero-order valence-corrected chi connectivity index (χ0v) is 17.4. The van der Waals surface area contributed by atoms with Crippen molar-refractivity contribution in [3.63, 3.8) is 0 Å². The van der Waals surface area contributed by atoms with E-state index in [1.165, 1.54) is 89.0 Å². The molecule has 0 saturated heterocycles. The number of rotatable bonds is 6. The van der Waals surface area contributed by atoms with Gasteiger partial charge in [0.1, 0.15) is 0 Å². The quantitative estimate of drug-likeness (QED) is 0.445. The topological polar surface area (TPSA) is 23.8 Å². The molecule has 0 amide bonds. The Balaban J connectivity index is 1.53. The van der Waals surface area contributed by atoms with Crippen LogP contribution >= 0.6 is 0 Å². The van der Waals surface area contributed by atoms with Crippen molar-refractivity contribution in [3.8, 4) is 6.07 Å². The van der Waals surface area contributed by atoms with Crippen LogP contribution in [0.5, 0.6) is 0 Å². The summed E-state index contributed by atoms with van der Waals surface area (Å²) >= 11 is 0. The van der Waals surface area contributed by atoms with E-state index in [9.17, 15) is 5.26 Å². The molecule has 0 bridgehead atoms. The summed E-state index contributed by atoms with van der Waals surface area (Å²) in [4.78, 5) is 0. The predicted molar refractivity (Wildman–Crippen MR) is 111 cm³/mol. The van der Waals surface area contributed by atoms with E-state index in [0.29, 0.717) is 0 Å². The van der Waals surface area contributed by atoms with Crippen molar-refractivity contribution in [3.05, 3.63) is 11.6 Å². The third-order valence-electron chi connectivity index (χ3n) is 8.33. The van der Waals surface area contributed by atoms with Crippen molar-refractivity contribution < 1.29 is 0 Å². The van der Waals surface area contributed by atoms with E-state index in [-0.39, 0.29) is 5.41 Å². The molecule has 2 saturated carbocycles. The number of hydrogen-bond acceptors (Lipinski definition) is 1. The van der Waals surface area contributed by atoms with Gasteiger partial charge in [0.15, 0.2) is 0 Å². The first kappa shape index (κ1) is 20.0. The van der Waals surface area contributed by atoms with Gasteiger partial charge in [-0.2, -0.15) is 5.26 Å². The third kappa shape index (κ3) is 4.55. The SMILES string of the molecule is CCCC[C@H]1CC=C(C2(C#N)CCC(C3CCC(CC)CC3)CC2)CC1. The van der Waals surface area contributed by atoms with Gasteiger partial charge >= 0.3 is 0 Å². The Hall–Kier alpha value is -0.770. The molecule has 0 unspecified atom stereocenters. The van der Waals surface area contributed by atoms with Crippen molar-refractivity contribution >= 4 is 0 Å². The van der Waals surface area contributed by atoms with Crippen LogP contribution in [-0.2, 0) is 0 Å². The van der Waals surface area contributed by atoms with E-state index in [1.807, 2.05) is 0 Å². The molecule has 0 aliphatic heterocycles. The van der Waals surface area contributed by atoms with Gasteiger partial charge in [0.05, 0.1) is 11.5 Å². The molecule has 0 spiro atoms. The monoisotopic (exact) mass is 355 g/mol. The van der Waals surface area contributed by atoms with Gasteiger partial charge in [0.2, 0.25) is 0 Å². The van der Waals surface area contributed by atoms with E-state index in [0.717, 1.165) is 36.5 Å². The second-order valence-electron chi connectivity index (χ2n) is 9.73. The summed E-state index contributed by atoms with van der Waals surface area (Å²) in [5.74, 6) is 3.77. The molecule has 146 valence electrons. The van der Waals surface area contributed by atoms with Crippen LogP contribution < -0.4 is 0 Å². The molecule has 2 fully saturated rings. The van der Waals surface area contributed by atoms with E-state index in [2.05, 4.69) is 26.0 Å². The summed E-state index contributed by atoms with van der Waals surface area (Å²) in [5, 5.41) is 10.1. The van der Waals surface area contributed by atoms with Crippen molar-refractivity contribution in [1.29, 1.82) is 5.26 Å². The number of unbranched alkanes of at least 4 members (excludes halogenated alkanes) is 1. The first-order chi connectivity index (χ1) is 12.7. The fraction of sp³-hybridized carbons (Fsp3) is 0.880. The summed E-state index contributed by atoms with van der Waals surface area (Å²) in [6, 6.07) is 2.82. The van der Waals surface area contributed by atoms with E-state index >= 15 is 0 Å². The highest BCUT2D eigenvalue weighted by Crippen LogP contribution is 2.51. The second kappa shape index (κ2) is 9.43. The number of nitriles is 1. The lowest BCUT2D eigenvalue weighted by molar-refractivity contribution is 0.132. The van der Waals surface area contributed by atoms with Crippen molar-refractivity contribution in [2.45, 2.75) is 110 Å². The maximum Gasteiger partial charge on any atom is 0.0782 e. The molecule has 1 atom stereocenters. The van der Waals surface area contributed by atoms with Gasteiger partial charge < -0.3 is 0 Å². The minimum Gasteiger partial charge on any atom is -0.197 e.